The second-order valence-corrected chi connectivity index (χ2v) is 20.3. The predicted molar refractivity (Wildman–Crippen MR) is 266 cm³/mol. The maximum Gasteiger partial charge on any atom is 0.472 e. The molecule has 63 heavy (non-hydrogen) atoms. The molecule has 0 aliphatic carbocycles. The van der Waals surface area contributed by atoms with Gasteiger partial charge in [-0.2, -0.15) is 0 Å². The molecular weight excluding hydrogens is 810 g/mol. The topological polar surface area (TPSA) is 134 Å². The van der Waals surface area contributed by atoms with Crippen LogP contribution in [0.1, 0.15) is 296 Å². The van der Waals surface area contributed by atoms with Crippen molar-refractivity contribution in [1.82, 2.24) is 0 Å². The predicted octanol–water partition coefficient (Wildman–Crippen LogP) is 16.7. The minimum Gasteiger partial charge on any atom is -0.462 e. The van der Waals surface area contributed by atoms with E-state index in [0.29, 0.717) is 6.42 Å². The van der Waals surface area contributed by atoms with Gasteiger partial charge >= 0.3 is 19.8 Å². The van der Waals surface area contributed by atoms with Crippen molar-refractivity contribution in [2.45, 2.75) is 302 Å². The van der Waals surface area contributed by atoms with Crippen molar-refractivity contribution in [2.24, 2.45) is 5.73 Å². The van der Waals surface area contributed by atoms with Crippen molar-refractivity contribution in [3.8, 4) is 0 Å². The first kappa shape index (κ1) is 62.0. The fraction of sp³-hybridized carbons (Fsp3) is 0.962. The Kier molecular flexibility index (Phi) is 49.6. The van der Waals surface area contributed by atoms with Crippen molar-refractivity contribution < 1.29 is 37.6 Å². The average Bonchev–Trinajstić information content (AvgIpc) is 3.27. The Balaban J connectivity index is 3.58. The summed E-state index contributed by atoms with van der Waals surface area (Å²) in [5.74, 6) is -0.827. The Bertz CT molecular complexity index is 1000. The van der Waals surface area contributed by atoms with Crippen LogP contribution < -0.4 is 5.73 Å². The molecule has 0 aromatic heterocycles. The Hall–Kier alpha value is -0.990. The van der Waals surface area contributed by atoms with Crippen LogP contribution in [0.25, 0.3) is 0 Å². The van der Waals surface area contributed by atoms with Crippen molar-refractivity contribution in [3.63, 3.8) is 0 Å². The summed E-state index contributed by atoms with van der Waals surface area (Å²) in [5.41, 5.74) is 5.34. The van der Waals surface area contributed by atoms with Crippen molar-refractivity contribution in [3.05, 3.63) is 0 Å². The van der Waals surface area contributed by atoms with Crippen LogP contribution >= 0.6 is 7.82 Å². The van der Waals surface area contributed by atoms with E-state index in [-0.39, 0.29) is 38.6 Å². The lowest BCUT2D eigenvalue weighted by molar-refractivity contribution is -0.161. The van der Waals surface area contributed by atoms with Crippen LogP contribution in [0, 0.1) is 0 Å². The van der Waals surface area contributed by atoms with Crippen molar-refractivity contribution >= 4 is 19.8 Å². The lowest BCUT2D eigenvalue weighted by Gasteiger charge is -2.19. The summed E-state index contributed by atoms with van der Waals surface area (Å²) in [6, 6.07) is 0. The third kappa shape index (κ3) is 50.3. The molecule has 3 N–H and O–H groups in total. The molecule has 0 heterocycles. The van der Waals surface area contributed by atoms with Crippen LogP contribution in [0.3, 0.4) is 0 Å². The minimum atomic E-state index is -4.36. The van der Waals surface area contributed by atoms with Crippen molar-refractivity contribution in [1.29, 1.82) is 0 Å². The molecule has 0 spiro atoms. The summed E-state index contributed by atoms with van der Waals surface area (Å²) in [6.45, 7) is 3.68. The van der Waals surface area contributed by atoms with E-state index < -0.39 is 26.5 Å². The maximum atomic E-state index is 12.6. The molecule has 0 aliphatic rings. The van der Waals surface area contributed by atoms with Gasteiger partial charge in [0.25, 0.3) is 0 Å². The highest BCUT2D eigenvalue weighted by molar-refractivity contribution is 7.47. The fourth-order valence-corrected chi connectivity index (χ4v) is 9.17. The van der Waals surface area contributed by atoms with Gasteiger partial charge in [0, 0.05) is 19.4 Å². The molecule has 2 unspecified atom stereocenters. The molecule has 0 aromatic carbocycles. The van der Waals surface area contributed by atoms with Gasteiger partial charge in [-0.05, 0) is 12.8 Å². The quantitative estimate of drug-likeness (QED) is 0.0347. The molecule has 0 saturated heterocycles. The number of nitrogens with two attached hydrogens (primary N) is 1. The summed E-state index contributed by atoms with van der Waals surface area (Å²) in [7, 11) is -4.36. The van der Waals surface area contributed by atoms with Crippen LogP contribution in [0.4, 0.5) is 0 Å². The number of unbranched alkanes of at least 4 members (excludes halogenated alkanes) is 40. The Morgan fingerprint density at radius 2 is 0.683 bits per heavy atom. The van der Waals surface area contributed by atoms with Gasteiger partial charge < -0.3 is 20.1 Å². The molecule has 0 rings (SSSR count). The van der Waals surface area contributed by atoms with E-state index in [1.54, 1.807) is 0 Å². The number of carbonyl (C=O) groups is 2. The zero-order chi connectivity index (χ0) is 46.0. The first-order valence-corrected chi connectivity index (χ1v) is 29.0. The summed E-state index contributed by atoms with van der Waals surface area (Å²) < 4.78 is 32.6. The smallest absolute Gasteiger partial charge is 0.462 e. The number of hydrogen-bond acceptors (Lipinski definition) is 8. The third-order valence-corrected chi connectivity index (χ3v) is 13.5. The van der Waals surface area contributed by atoms with Crippen LogP contribution in [-0.2, 0) is 32.7 Å². The zero-order valence-corrected chi connectivity index (χ0v) is 42.7. The van der Waals surface area contributed by atoms with Gasteiger partial charge in [0.2, 0.25) is 0 Å². The normalized spacial score (nSPS) is 13.0. The van der Waals surface area contributed by atoms with E-state index in [0.717, 1.165) is 44.9 Å². The summed E-state index contributed by atoms with van der Waals surface area (Å²) in [6.07, 6.45) is 55.4. The van der Waals surface area contributed by atoms with Crippen molar-refractivity contribution in [2.75, 3.05) is 26.4 Å². The molecule has 10 heteroatoms. The maximum absolute atomic E-state index is 12.6. The lowest BCUT2D eigenvalue weighted by Crippen LogP contribution is -2.29. The Morgan fingerprint density at radius 3 is 0.968 bits per heavy atom. The van der Waals surface area contributed by atoms with Gasteiger partial charge in [0.15, 0.2) is 6.10 Å². The lowest BCUT2D eigenvalue weighted by atomic mass is 10.0. The van der Waals surface area contributed by atoms with Gasteiger partial charge in [-0.3, -0.25) is 18.6 Å². The monoisotopic (exact) mass is 916 g/mol. The van der Waals surface area contributed by atoms with E-state index in [1.807, 2.05) is 0 Å². The van der Waals surface area contributed by atoms with Crippen LogP contribution in [-0.4, -0.2) is 49.3 Å². The van der Waals surface area contributed by atoms with E-state index in [4.69, 9.17) is 24.3 Å². The highest BCUT2D eigenvalue weighted by Crippen LogP contribution is 2.43. The number of carbonyl (C=O) groups excluding carboxylic acids is 2. The molecule has 0 fully saturated rings. The third-order valence-electron chi connectivity index (χ3n) is 12.5. The number of rotatable bonds is 53. The molecule has 0 radical (unpaired) electrons. The van der Waals surface area contributed by atoms with Crippen LogP contribution in [0.2, 0.25) is 0 Å². The summed E-state index contributed by atoms with van der Waals surface area (Å²) in [4.78, 5) is 34.6. The van der Waals surface area contributed by atoms with Gasteiger partial charge in [-0.1, -0.05) is 271 Å². The molecular formula is C53H106NO8P. The first-order chi connectivity index (χ1) is 30.8. The Morgan fingerprint density at radius 1 is 0.413 bits per heavy atom. The number of esters is 2. The second-order valence-electron chi connectivity index (χ2n) is 18.8. The number of phosphoric acid groups is 1. The molecule has 9 nitrogen and oxygen atoms in total. The molecule has 376 valence electrons. The highest BCUT2D eigenvalue weighted by Gasteiger charge is 2.26. The second kappa shape index (κ2) is 50.4. The summed E-state index contributed by atoms with van der Waals surface area (Å²) in [5, 5.41) is 0. The van der Waals surface area contributed by atoms with Crippen LogP contribution in [0.5, 0.6) is 0 Å². The SMILES string of the molecule is CCCCCCCCCCCCCCCCCCCCCCCCCCCCCCCCCCCCCCCC(=O)OC(COC(=O)CCCCCCC)COP(=O)(O)OCCN. The molecule has 0 aromatic rings. The number of phosphoric ester groups is 1. The van der Waals surface area contributed by atoms with E-state index in [2.05, 4.69) is 13.8 Å². The van der Waals surface area contributed by atoms with E-state index in [9.17, 15) is 19.0 Å². The van der Waals surface area contributed by atoms with Crippen LogP contribution in [0.15, 0.2) is 0 Å². The van der Waals surface area contributed by atoms with Gasteiger partial charge in [-0.15, -0.1) is 0 Å². The molecule has 0 bridgehead atoms. The van der Waals surface area contributed by atoms with Gasteiger partial charge in [-0.25, -0.2) is 4.57 Å². The number of ether oxygens (including phenoxy) is 2. The molecule has 0 aliphatic heterocycles. The summed E-state index contributed by atoms with van der Waals surface area (Å²) >= 11 is 0. The number of hydrogen-bond donors (Lipinski definition) is 2. The standard InChI is InChI=1S/C53H106NO8P/c1-3-5-7-9-10-11-12-13-14-15-16-17-18-19-20-21-22-23-24-25-26-27-28-29-30-31-32-33-34-35-36-37-38-39-40-42-44-46-53(56)62-51(50-61-63(57,58)60-48-47-54)49-59-52(55)45-43-41-8-6-4-2/h51H,3-50,54H2,1-2H3,(H,57,58). The largest absolute Gasteiger partial charge is 0.472 e. The highest BCUT2D eigenvalue weighted by atomic mass is 31.2. The molecule has 0 saturated carbocycles. The van der Waals surface area contributed by atoms with Gasteiger partial charge in [0.05, 0.1) is 13.2 Å². The first-order valence-electron chi connectivity index (χ1n) is 27.5. The van der Waals surface area contributed by atoms with E-state index in [1.165, 1.54) is 218 Å². The zero-order valence-electron chi connectivity index (χ0n) is 41.8. The molecule has 0 amide bonds. The fourth-order valence-electron chi connectivity index (χ4n) is 8.40. The molecule has 2 atom stereocenters. The average molecular weight is 916 g/mol. The van der Waals surface area contributed by atoms with Gasteiger partial charge in [0.1, 0.15) is 6.61 Å². The minimum absolute atomic E-state index is 0.0575. The van der Waals surface area contributed by atoms with E-state index >= 15 is 0 Å². The Labute approximate surface area is 390 Å².